The average Bonchev–Trinajstić information content (AvgIpc) is 2.97. The Hall–Kier alpha value is -2.58. The van der Waals surface area contributed by atoms with Crippen molar-refractivity contribution < 1.29 is 4.74 Å². The molecule has 0 aromatic heterocycles. The molecule has 5 nitrogen and oxygen atoms in total. The van der Waals surface area contributed by atoms with E-state index in [2.05, 4.69) is 28.2 Å². The van der Waals surface area contributed by atoms with E-state index in [0.717, 1.165) is 23.2 Å². The van der Waals surface area contributed by atoms with E-state index in [1.165, 1.54) is 5.57 Å². The molecular weight excluding hydrogens is 264 g/mol. The van der Waals surface area contributed by atoms with Crippen molar-refractivity contribution in [1.82, 2.24) is 9.97 Å². The van der Waals surface area contributed by atoms with Crippen molar-refractivity contribution in [3.63, 3.8) is 0 Å². The Kier molecular flexibility index (Phi) is 3.46. The SMILES string of the molecule is COC1CC=CC=C1Cc1[nH]c(N)c(C#N)c2cncc1-2. The van der Waals surface area contributed by atoms with Gasteiger partial charge in [0.2, 0.25) is 0 Å². The summed E-state index contributed by atoms with van der Waals surface area (Å²) in [6, 6.07) is 2.13. The second kappa shape index (κ2) is 5.43. The Morgan fingerprint density at radius 2 is 2.29 bits per heavy atom. The molecule has 3 rings (SSSR count). The number of rotatable bonds is 3. The van der Waals surface area contributed by atoms with Gasteiger partial charge in [0.15, 0.2) is 0 Å². The lowest BCUT2D eigenvalue weighted by atomic mass is 9.93. The van der Waals surface area contributed by atoms with Crippen molar-refractivity contribution in [2.24, 2.45) is 0 Å². The van der Waals surface area contributed by atoms with E-state index in [1.807, 2.05) is 6.08 Å². The van der Waals surface area contributed by atoms with Crippen LogP contribution in [0, 0.1) is 11.3 Å². The van der Waals surface area contributed by atoms with Crippen molar-refractivity contribution in [3.8, 4) is 17.2 Å². The number of methoxy groups -OCH3 is 1. The topological polar surface area (TPSA) is 87.7 Å². The number of aromatic amines is 1. The first-order valence-electron chi connectivity index (χ1n) is 6.77. The third kappa shape index (κ3) is 2.30. The number of nitrogens with zero attached hydrogens (tertiary/aromatic N) is 2. The van der Waals surface area contributed by atoms with Crippen LogP contribution in [-0.2, 0) is 11.2 Å². The van der Waals surface area contributed by atoms with Crippen LogP contribution in [0.15, 0.2) is 36.2 Å². The van der Waals surface area contributed by atoms with Gasteiger partial charge in [0.05, 0.1) is 6.10 Å². The molecule has 2 aliphatic heterocycles. The minimum absolute atomic E-state index is 0.0817. The van der Waals surface area contributed by atoms with Gasteiger partial charge in [-0.25, -0.2) is 0 Å². The smallest absolute Gasteiger partial charge is 0.119 e. The molecule has 0 spiro atoms. The fourth-order valence-corrected chi connectivity index (χ4v) is 2.74. The summed E-state index contributed by atoms with van der Waals surface area (Å²) in [4.78, 5) is 7.30. The number of hydrogen-bond donors (Lipinski definition) is 2. The number of nitriles is 1. The molecule has 3 N–H and O–H groups in total. The Morgan fingerprint density at radius 3 is 3.05 bits per heavy atom. The molecule has 0 saturated carbocycles. The summed E-state index contributed by atoms with van der Waals surface area (Å²) in [7, 11) is 1.72. The van der Waals surface area contributed by atoms with E-state index in [0.29, 0.717) is 17.8 Å². The highest BCUT2D eigenvalue weighted by Crippen LogP contribution is 2.33. The molecule has 1 aliphatic carbocycles. The first kappa shape index (κ1) is 13.4. The maximum Gasteiger partial charge on any atom is 0.119 e. The lowest BCUT2D eigenvalue weighted by molar-refractivity contribution is 0.131. The third-order valence-electron chi connectivity index (χ3n) is 3.83. The summed E-state index contributed by atoms with van der Waals surface area (Å²) in [6.45, 7) is 0. The molecule has 0 aromatic carbocycles. The van der Waals surface area contributed by atoms with Gasteiger partial charge in [0.1, 0.15) is 17.5 Å². The zero-order valence-electron chi connectivity index (χ0n) is 11.8. The molecule has 0 radical (unpaired) electrons. The molecule has 0 fully saturated rings. The molecule has 0 amide bonds. The number of ether oxygens (including phenoxy) is 1. The predicted octanol–water partition coefficient (Wildman–Crippen LogP) is 2.41. The van der Waals surface area contributed by atoms with Crippen molar-refractivity contribution in [1.29, 1.82) is 5.26 Å². The Bertz CT molecular complexity index is 735. The monoisotopic (exact) mass is 280 g/mol. The maximum atomic E-state index is 9.21. The van der Waals surface area contributed by atoms with Crippen LogP contribution in [0.3, 0.4) is 0 Å². The van der Waals surface area contributed by atoms with Gasteiger partial charge in [-0.3, -0.25) is 4.98 Å². The fourth-order valence-electron chi connectivity index (χ4n) is 2.74. The number of H-pyrrole nitrogens is 1. The van der Waals surface area contributed by atoms with Crippen LogP contribution in [0.2, 0.25) is 0 Å². The first-order chi connectivity index (χ1) is 10.2. The number of nitrogens with two attached hydrogens (primary N) is 1. The molecule has 3 aliphatic rings. The molecule has 2 heterocycles. The van der Waals surface area contributed by atoms with Crippen LogP contribution in [-0.4, -0.2) is 23.2 Å². The number of nitrogens with one attached hydrogen (secondary N) is 1. The van der Waals surface area contributed by atoms with Gasteiger partial charge in [0, 0.05) is 42.7 Å². The van der Waals surface area contributed by atoms with Gasteiger partial charge >= 0.3 is 0 Å². The average molecular weight is 280 g/mol. The van der Waals surface area contributed by atoms with Gasteiger partial charge in [-0.2, -0.15) is 5.26 Å². The van der Waals surface area contributed by atoms with Crippen LogP contribution >= 0.6 is 0 Å². The summed E-state index contributed by atoms with van der Waals surface area (Å²) in [5.41, 5.74) is 10.3. The summed E-state index contributed by atoms with van der Waals surface area (Å²) >= 11 is 0. The lowest BCUT2D eigenvalue weighted by Gasteiger charge is -2.21. The van der Waals surface area contributed by atoms with E-state index >= 15 is 0 Å². The van der Waals surface area contributed by atoms with Crippen molar-refractivity contribution >= 4 is 5.82 Å². The molecule has 5 heteroatoms. The molecule has 0 saturated heterocycles. The summed E-state index contributed by atoms with van der Waals surface area (Å²) in [5.74, 6) is 0.383. The Labute approximate surface area is 123 Å². The number of fused-ring (bicyclic) bond motifs is 1. The number of allylic oxidation sites excluding steroid dienone is 2. The predicted molar refractivity (Wildman–Crippen MR) is 80.7 cm³/mol. The zero-order chi connectivity index (χ0) is 14.8. The van der Waals surface area contributed by atoms with Crippen LogP contribution in [0.1, 0.15) is 17.7 Å². The summed E-state index contributed by atoms with van der Waals surface area (Å²) in [6.07, 6.45) is 11.3. The van der Waals surface area contributed by atoms with E-state index in [-0.39, 0.29) is 6.10 Å². The third-order valence-corrected chi connectivity index (χ3v) is 3.83. The molecule has 1 unspecified atom stereocenters. The van der Waals surface area contributed by atoms with Crippen molar-refractivity contribution in [3.05, 3.63) is 47.5 Å². The Morgan fingerprint density at radius 1 is 1.48 bits per heavy atom. The normalized spacial score (nSPS) is 17.7. The minimum Gasteiger partial charge on any atom is -0.384 e. The molecule has 106 valence electrons. The van der Waals surface area contributed by atoms with Crippen LogP contribution in [0.5, 0.6) is 0 Å². The highest BCUT2D eigenvalue weighted by molar-refractivity contribution is 5.78. The van der Waals surface area contributed by atoms with E-state index in [9.17, 15) is 5.26 Å². The van der Waals surface area contributed by atoms with Crippen LogP contribution in [0.25, 0.3) is 11.1 Å². The minimum atomic E-state index is 0.0817. The number of pyridine rings is 1. The number of anilines is 1. The second-order valence-corrected chi connectivity index (χ2v) is 5.05. The largest absolute Gasteiger partial charge is 0.384 e. The summed E-state index contributed by atoms with van der Waals surface area (Å²) in [5, 5.41) is 9.21. The first-order valence-corrected chi connectivity index (χ1v) is 6.77. The quantitative estimate of drug-likeness (QED) is 0.903. The Balaban J connectivity index is 2.02. The number of aromatic nitrogens is 2. The number of hydrogen-bond acceptors (Lipinski definition) is 4. The fraction of sp³-hybridized carbons (Fsp3) is 0.250. The standard InChI is InChI=1S/C16H16N4O/c1-21-15-5-3-2-4-10(15)6-14-13-9-19-8-12(13)11(7-17)16(18)20-14/h2-4,8-9,15,20H,5-6,18H2,1H3. The van der Waals surface area contributed by atoms with Gasteiger partial charge in [0.25, 0.3) is 0 Å². The highest BCUT2D eigenvalue weighted by atomic mass is 16.5. The van der Waals surface area contributed by atoms with Crippen LogP contribution < -0.4 is 5.73 Å². The lowest BCUT2D eigenvalue weighted by Crippen LogP contribution is -2.17. The van der Waals surface area contributed by atoms with Gasteiger partial charge in [-0.15, -0.1) is 0 Å². The second-order valence-electron chi connectivity index (χ2n) is 5.05. The molecular formula is C16H16N4O. The maximum absolute atomic E-state index is 9.21. The van der Waals surface area contributed by atoms with Crippen LogP contribution in [0.4, 0.5) is 5.82 Å². The van der Waals surface area contributed by atoms with E-state index in [4.69, 9.17) is 10.5 Å². The van der Waals surface area contributed by atoms with Crippen molar-refractivity contribution in [2.75, 3.05) is 12.8 Å². The van der Waals surface area contributed by atoms with Crippen molar-refractivity contribution in [2.45, 2.75) is 18.9 Å². The zero-order valence-corrected chi connectivity index (χ0v) is 11.8. The van der Waals surface area contributed by atoms with Gasteiger partial charge in [-0.1, -0.05) is 18.2 Å². The highest BCUT2D eigenvalue weighted by Gasteiger charge is 2.21. The van der Waals surface area contributed by atoms with E-state index < -0.39 is 0 Å². The molecule has 21 heavy (non-hydrogen) atoms. The summed E-state index contributed by atoms with van der Waals surface area (Å²) < 4.78 is 5.51. The molecule has 0 bridgehead atoms. The van der Waals surface area contributed by atoms with E-state index in [1.54, 1.807) is 19.5 Å². The molecule has 0 aromatic rings. The molecule has 1 atom stereocenters. The van der Waals surface area contributed by atoms with Gasteiger partial charge in [-0.05, 0) is 12.0 Å². The number of nitrogen functional groups attached to an aromatic ring is 1. The van der Waals surface area contributed by atoms with Gasteiger partial charge < -0.3 is 15.5 Å².